The predicted molar refractivity (Wildman–Crippen MR) is 84.9 cm³/mol. The van der Waals surface area contributed by atoms with Crippen molar-refractivity contribution in [1.82, 2.24) is 5.32 Å². The molecule has 0 bridgehead atoms. The van der Waals surface area contributed by atoms with Crippen LogP contribution < -0.4 is 14.8 Å². The van der Waals surface area contributed by atoms with Crippen LogP contribution in [0.1, 0.15) is 51.0 Å². The minimum Gasteiger partial charge on any atom is -0.486 e. The summed E-state index contributed by atoms with van der Waals surface area (Å²) in [6, 6.07) is 6.88. The molecular weight excluding hydrogens is 262 g/mol. The second-order valence-corrected chi connectivity index (χ2v) is 6.40. The molecule has 0 spiro atoms. The van der Waals surface area contributed by atoms with Crippen molar-refractivity contribution in [2.75, 3.05) is 13.2 Å². The van der Waals surface area contributed by atoms with Gasteiger partial charge in [0.05, 0.1) is 0 Å². The SMILES string of the molecule is C[C@@H](NCc1ccc2c(c1)OCCO2)C1CCCCCC1. The molecule has 116 valence electrons. The first-order chi connectivity index (χ1) is 10.3. The smallest absolute Gasteiger partial charge is 0.161 e. The molecule has 1 fully saturated rings. The first kappa shape index (κ1) is 14.7. The van der Waals surface area contributed by atoms with Crippen LogP contribution in [-0.4, -0.2) is 19.3 Å². The van der Waals surface area contributed by atoms with Gasteiger partial charge in [-0.2, -0.15) is 0 Å². The second kappa shape index (κ2) is 7.17. The molecule has 1 heterocycles. The molecule has 1 aliphatic heterocycles. The lowest BCUT2D eigenvalue weighted by Gasteiger charge is -2.24. The summed E-state index contributed by atoms with van der Waals surface area (Å²) in [6.07, 6.45) is 8.42. The van der Waals surface area contributed by atoms with Gasteiger partial charge in [0.1, 0.15) is 13.2 Å². The van der Waals surface area contributed by atoms with Gasteiger partial charge in [-0.15, -0.1) is 0 Å². The Balaban J connectivity index is 1.54. The van der Waals surface area contributed by atoms with Crippen LogP contribution in [0.2, 0.25) is 0 Å². The molecule has 3 heteroatoms. The first-order valence-corrected chi connectivity index (χ1v) is 8.45. The lowest BCUT2D eigenvalue weighted by atomic mass is 9.93. The summed E-state index contributed by atoms with van der Waals surface area (Å²) in [7, 11) is 0. The molecule has 1 aromatic rings. The van der Waals surface area contributed by atoms with Gasteiger partial charge in [0.15, 0.2) is 11.5 Å². The van der Waals surface area contributed by atoms with Crippen LogP contribution in [0.3, 0.4) is 0 Å². The van der Waals surface area contributed by atoms with E-state index in [1.807, 2.05) is 6.07 Å². The number of rotatable bonds is 4. The van der Waals surface area contributed by atoms with E-state index in [2.05, 4.69) is 24.4 Å². The number of nitrogens with one attached hydrogen (secondary N) is 1. The summed E-state index contributed by atoms with van der Waals surface area (Å²) < 4.78 is 11.2. The molecule has 0 unspecified atom stereocenters. The summed E-state index contributed by atoms with van der Waals surface area (Å²) in [4.78, 5) is 0. The maximum Gasteiger partial charge on any atom is 0.161 e. The maximum atomic E-state index is 5.65. The van der Waals surface area contributed by atoms with Gasteiger partial charge in [0, 0.05) is 12.6 Å². The van der Waals surface area contributed by atoms with Crippen LogP contribution in [0.4, 0.5) is 0 Å². The average molecular weight is 289 g/mol. The van der Waals surface area contributed by atoms with E-state index in [1.165, 1.54) is 44.1 Å². The normalized spacial score (nSPS) is 20.8. The van der Waals surface area contributed by atoms with Crippen LogP contribution >= 0.6 is 0 Å². The van der Waals surface area contributed by atoms with Crippen molar-refractivity contribution in [3.63, 3.8) is 0 Å². The van der Waals surface area contributed by atoms with Crippen molar-refractivity contribution in [2.45, 2.75) is 58.0 Å². The summed E-state index contributed by atoms with van der Waals surface area (Å²) in [6.45, 7) is 4.56. The Morgan fingerprint density at radius 3 is 2.52 bits per heavy atom. The third kappa shape index (κ3) is 3.91. The highest BCUT2D eigenvalue weighted by molar-refractivity contribution is 5.43. The Bertz CT molecular complexity index is 453. The highest BCUT2D eigenvalue weighted by Crippen LogP contribution is 2.31. The number of hydrogen-bond acceptors (Lipinski definition) is 3. The number of benzene rings is 1. The molecule has 1 N–H and O–H groups in total. The Labute approximate surface area is 128 Å². The van der Waals surface area contributed by atoms with Crippen LogP contribution in [0.25, 0.3) is 0 Å². The second-order valence-electron chi connectivity index (χ2n) is 6.40. The van der Waals surface area contributed by atoms with Crippen molar-refractivity contribution >= 4 is 0 Å². The zero-order chi connectivity index (χ0) is 14.5. The van der Waals surface area contributed by atoms with E-state index >= 15 is 0 Å². The van der Waals surface area contributed by atoms with E-state index < -0.39 is 0 Å². The van der Waals surface area contributed by atoms with Gasteiger partial charge in [-0.05, 0) is 43.4 Å². The van der Waals surface area contributed by atoms with Crippen LogP contribution in [0.5, 0.6) is 11.5 Å². The Kier molecular flexibility index (Phi) is 5.02. The average Bonchev–Trinajstić information content (AvgIpc) is 2.81. The van der Waals surface area contributed by atoms with Gasteiger partial charge in [-0.1, -0.05) is 31.7 Å². The maximum absolute atomic E-state index is 5.65. The van der Waals surface area contributed by atoms with E-state index in [9.17, 15) is 0 Å². The minimum atomic E-state index is 0.594. The van der Waals surface area contributed by atoms with Crippen molar-refractivity contribution in [3.05, 3.63) is 23.8 Å². The molecule has 3 rings (SSSR count). The van der Waals surface area contributed by atoms with Gasteiger partial charge in [0.2, 0.25) is 0 Å². The van der Waals surface area contributed by atoms with Gasteiger partial charge in [0.25, 0.3) is 0 Å². The zero-order valence-corrected chi connectivity index (χ0v) is 13.1. The first-order valence-electron chi connectivity index (χ1n) is 8.45. The van der Waals surface area contributed by atoms with E-state index in [-0.39, 0.29) is 0 Å². The molecule has 0 saturated heterocycles. The molecule has 21 heavy (non-hydrogen) atoms. The highest BCUT2D eigenvalue weighted by atomic mass is 16.6. The summed E-state index contributed by atoms with van der Waals surface area (Å²) >= 11 is 0. The molecule has 0 aromatic heterocycles. The third-order valence-corrected chi connectivity index (χ3v) is 4.84. The summed E-state index contributed by atoms with van der Waals surface area (Å²) in [5.41, 5.74) is 1.28. The van der Waals surface area contributed by atoms with Gasteiger partial charge in [-0.25, -0.2) is 0 Å². The van der Waals surface area contributed by atoms with Crippen LogP contribution in [0, 0.1) is 5.92 Å². The van der Waals surface area contributed by atoms with Crippen LogP contribution in [0.15, 0.2) is 18.2 Å². The third-order valence-electron chi connectivity index (χ3n) is 4.84. The van der Waals surface area contributed by atoms with E-state index in [0.717, 1.165) is 24.0 Å². The fraction of sp³-hybridized carbons (Fsp3) is 0.667. The zero-order valence-electron chi connectivity index (χ0n) is 13.1. The largest absolute Gasteiger partial charge is 0.486 e. The topological polar surface area (TPSA) is 30.5 Å². The summed E-state index contributed by atoms with van der Waals surface area (Å²) in [5, 5.41) is 3.71. The van der Waals surface area contributed by atoms with Crippen molar-refractivity contribution < 1.29 is 9.47 Å². The number of ether oxygens (including phenoxy) is 2. The molecule has 0 amide bonds. The molecule has 1 saturated carbocycles. The molecular formula is C18H27NO2. The summed E-state index contributed by atoms with van der Waals surface area (Å²) in [5.74, 6) is 2.61. The fourth-order valence-electron chi connectivity index (χ4n) is 3.45. The molecule has 1 aliphatic carbocycles. The highest BCUT2D eigenvalue weighted by Gasteiger charge is 2.19. The van der Waals surface area contributed by atoms with Gasteiger partial charge < -0.3 is 14.8 Å². The fourth-order valence-corrected chi connectivity index (χ4v) is 3.45. The van der Waals surface area contributed by atoms with Crippen LogP contribution in [-0.2, 0) is 6.54 Å². The monoisotopic (exact) mass is 289 g/mol. The molecule has 0 radical (unpaired) electrons. The Hall–Kier alpha value is -1.22. The Morgan fingerprint density at radius 1 is 1.05 bits per heavy atom. The van der Waals surface area contributed by atoms with Crippen molar-refractivity contribution in [1.29, 1.82) is 0 Å². The lowest BCUT2D eigenvalue weighted by Crippen LogP contribution is -2.33. The molecule has 1 aromatic carbocycles. The van der Waals surface area contributed by atoms with Crippen molar-refractivity contribution in [2.24, 2.45) is 5.92 Å². The Morgan fingerprint density at radius 2 is 1.76 bits per heavy atom. The number of fused-ring (bicyclic) bond motifs is 1. The van der Waals surface area contributed by atoms with Crippen molar-refractivity contribution in [3.8, 4) is 11.5 Å². The predicted octanol–water partition coefficient (Wildman–Crippen LogP) is 3.91. The quantitative estimate of drug-likeness (QED) is 0.853. The van der Waals surface area contributed by atoms with Gasteiger partial charge >= 0.3 is 0 Å². The van der Waals surface area contributed by atoms with Gasteiger partial charge in [-0.3, -0.25) is 0 Å². The van der Waals surface area contributed by atoms with E-state index in [0.29, 0.717) is 19.3 Å². The minimum absolute atomic E-state index is 0.594. The van der Waals surface area contributed by atoms with E-state index in [1.54, 1.807) is 0 Å². The number of hydrogen-bond donors (Lipinski definition) is 1. The molecule has 1 atom stereocenters. The molecule has 3 nitrogen and oxygen atoms in total. The standard InChI is InChI=1S/C18H27NO2/c1-14(16-6-4-2-3-5-7-16)19-13-15-8-9-17-18(12-15)21-11-10-20-17/h8-9,12,14,16,19H,2-7,10-11,13H2,1H3/t14-/m1/s1. The molecule has 2 aliphatic rings. The lowest BCUT2D eigenvalue weighted by molar-refractivity contribution is 0.171. The van der Waals surface area contributed by atoms with E-state index in [4.69, 9.17) is 9.47 Å².